The summed E-state index contributed by atoms with van der Waals surface area (Å²) >= 11 is 0. The highest BCUT2D eigenvalue weighted by molar-refractivity contribution is 5.98. The number of halogens is 3. The van der Waals surface area contributed by atoms with Crippen molar-refractivity contribution in [3.8, 4) is 0 Å². The first-order valence-electron chi connectivity index (χ1n) is 4.65. The number of nitrogens with zero attached hydrogens (tertiary/aromatic N) is 1. The Morgan fingerprint density at radius 2 is 2.06 bits per heavy atom. The highest BCUT2D eigenvalue weighted by Gasteiger charge is 2.41. The van der Waals surface area contributed by atoms with Crippen LogP contribution in [0.25, 0.3) is 0 Å². The minimum atomic E-state index is -4.59. The standard InChI is InChI=1S/C10H6F3NO3/c11-10(12,13)7-1-2-14-4-6(7)5-3-8(15)17-9(5)16/h1-2,4-5H,3H2. The van der Waals surface area contributed by atoms with Crippen LogP contribution >= 0.6 is 0 Å². The molecule has 1 atom stereocenters. The van der Waals surface area contributed by atoms with E-state index in [9.17, 15) is 22.8 Å². The molecule has 0 spiro atoms. The molecule has 0 bridgehead atoms. The molecule has 1 aliphatic heterocycles. The van der Waals surface area contributed by atoms with E-state index in [-0.39, 0.29) is 12.0 Å². The third-order valence-corrected chi connectivity index (χ3v) is 2.40. The summed E-state index contributed by atoms with van der Waals surface area (Å²) in [6.45, 7) is 0. The number of hydrogen-bond donors (Lipinski definition) is 0. The van der Waals surface area contributed by atoms with Crippen LogP contribution in [0.15, 0.2) is 18.5 Å². The first kappa shape index (κ1) is 11.6. The van der Waals surface area contributed by atoms with Gasteiger partial charge in [0.05, 0.1) is 17.9 Å². The molecule has 1 fully saturated rings. The van der Waals surface area contributed by atoms with Gasteiger partial charge in [-0.15, -0.1) is 0 Å². The zero-order valence-corrected chi connectivity index (χ0v) is 8.32. The fraction of sp³-hybridized carbons (Fsp3) is 0.300. The predicted octanol–water partition coefficient (Wildman–Crippen LogP) is 1.66. The van der Waals surface area contributed by atoms with E-state index in [1.165, 1.54) is 0 Å². The van der Waals surface area contributed by atoms with Gasteiger partial charge in [-0.2, -0.15) is 13.2 Å². The summed E-state index contributed by atoms with van der Waals surface area (Å²) < 4.78 is 42.2. The van der Waals surface area contributed by atoms with Crippen molar-refractivity contribution in [2.24, 2.45) is 0 Å². The minimum Gasteiger partial charge on any atom is -0.393 e. The Kier molecular flexibility index (Phi) is 2.60. The smallest absolute Gasteiger partial charge is 0.393 e. The Hall–Kier alpha value is -1.92. The van der Waals surface area contributed by atoms with Crippen molar-refractivity contribution in [2.45, 2.75) is 18.5 Å². The SMILES string of the molecule is O=C1CC(c2cnccc2C(F)(F)F)C(=O)O1. The lowest BCUT2D eigenvalue weighted by Crippen LogP contribution is -2.15. The molecule has 0 saturated carbocycles. The summed E-state index contributed by atoms with van der Waals surface area (Å²) in [6, 6.07) is 0.769. The topological polar surface area (TPSA) is 56.3 Å². The lowest BCUT2D eigenvalue weighted by Gasteiger charge is -2.13. The van der Waals surface area contributed by atoms with Crippen molar-refractivity contribution in [1.82, 2.24) is 4.98 Å². The van der Waals surface area contributed by atoms with Crippen molar-refractivity contribution in [2.75, 3.05) is 0 Å². The second-order valence-corrected chi connectivity index (χ2v) is 3.51. The highest BCUT2D eigenvalue weighted by Crippen LogP contribution is 2.37. The van der Waals surface area contributed by atoms with Crippen molar-refractivity contribution < 1.29 is 27.5 Å². The zero-order chi connectivity index (χ0) is 12.6. The van der Waals surface area contributed by atoms with Gasteiger partial charge in [-0.05, 0) is 11.6 Å². The lowest BCUT2D eigenvalue weighted by molar-refractivity contribution is -0.152. The van der Waals surface area contributed by atoms with Gasteiger partial charge in [0.2, 0.25) is 0 Å². The van der Waals surface area contributed by atoms with Crippen molar-refractivity contribution in [1.29, 1.82) is 0 Å². The van der Waals surface area contributed by atoms with Crippen LogP contribution in [0.2, 0.25) is 0 Å². The molecule has 2 heterocycles. The van der Waals surface area contributed by atoms with Crippen LogP contribution in [-0.2, 0) is 20.5 Å². The Bertz CT molecular complexity index is 484. The first-order chi connectivity index (χ1) is 7.89. The van der Waals surface area contributed by atoms with Crippen LogP contribution < -0.4 is 0 Å². The number of cyclic esters (lactones) is 2. The highest BCUT2D eigenvalue weighted by atomic mass is 19.4. The molecule has 90 valence electrons. The van der Waals surface area contributed by atoms with E-state index < -0.39 is 29.6 Å². The molecule has 17 heavy (non-hydrogen) atoms. The molecule has 1 unspecified atom stereocenters. The van der Waals surface area contributed by atoms with E-state index in [1.807, 2.05) is 0 Å². The third-order valence-electron chi connectivity index (χ3n) is 2.40. The summed E-state index contributed by atoms with van der Waals surface area (Å²) in [6.07, 6.45) is -3.06. The average Bonchev–Trinajstić information content (AvgIpc) is 2.56. The molecule has 0 aliphatic carbocycles. The molecule has 0 amide bonds. The largest absolute Gasteiger partial charge is 0.416 e. The summed E-state index contributed by atoms with van der Waals surface area (Å²) in [5, 5.41) is 0. The second-order valence-electron chi connectivity index (χ2n) is 3.51. The molecule has 1 aromatic rings. The van der Waals surface area contributed by atoms with E-state index in [2.05, 4.69) is 9.72 Å². The van der Waals surface area contributed by atoms with Gasteiger partial charge in [0.15, 0.2) is 0 Å². The van der Waals surface area contributed by atoms with Gasteiger partial charge in [0.25, 0.3) is 0 Å². The number of aromatic nitrogens is 1. The molecule has 1 saturated heterocycles. The summed E-state index contributed by atoms with van der Waals surface area (Å²) in [5.74, 6) is -3.00. The van der Waals surface area contributed by atoms with Crippen molar-refractivity contribution in [3.05, 3.63) is 29.6 Å². The predicted molar refractivity (Wildman–Crippen MR) is 47.7 cm³/mol. The number of pyridine rings is 1. The zero-order valence-electron chi connectivity index (χ0n) is 8.32. The van der Waals surface area contributed by atoms with Crippen LogP contribution in [0.5, 0.6) is 0 Å². The molecule has 2 rings (SSSR count). The molecular formula is C10H6F3NO3. The van der Waals surface area contributed by atoms with Crippen molar-refractivity contribution >= 4 is 11.9 Å². The van der Waals surface area contributed by atoms with Gasteiger partial charge < -0.3 is 4.74 Å². The van der Waals surface area contributed by atoms with Gasteiger partial charge in [-0.25, -0.2) is 0 Å². The van der Waals surface area contributed by atoms with Gasteiger partial charge in [-0.3, -0.25) is 14.6 Å². The summed E-state index contributed by atoms with van der Waals surface area (Å²) in [4.78, 5) is 25.6. The molecule has 0 radical (unpaired) electrons. The van der Waals surface area contributed by atoms with Crippen LogP contribution in [0.4, 0.5) is 13.2 Å². The molecule has 1 aromatic heterocycles. The van der Waals surface area contributed by atoms with Gasteiger partial charge in [-0.1, -0.05) is 0 Å². The summed E-state index contributed by atoms with van der Waals surface area (Å²) in [7, 11) is 0. The fourth-order valence-corrected chi connectivity index (χ4v) is 1.65. The maximum Gasteiger partial charge on any atom is 0.416 e. The number of esters is 2. The summed E-state index contributed by atoms with van der Waals surface area (Å²) in [5.41, 5.74) is -1.29. The first-order valence-corrected chi connectivity index (χ1v) is 4.65. The number of rotatable bonds is 1. The monoisotopic (exact) mass is 245 g/mol. The van der Waals surface area contributed by atoms with E-state index >= 15 is 0 Å². The molecule has 0 N–H and O–H groups in total. The molecule has 1 aliphatic rings. The quantitative estimate of drug-likeness (QED) is 0.557. The molecule has 0 aromatic carbocycles. The molecule has 4 nitrogen and oxygen atoms in total. The second kappa shape index (κ2) is 3.83. The number of carbonyl (C=O) groups excluding carboxylic acids is 2. The van der Waals surface area contributed by atoms with Gasteiger partial charge in [0, 0.05) is 12.4 Å². The van der Waals surface area contributed by atoms with Crippen LogP contribution in [-0.4, -0.2) is 16.9 Å². The molecular weight excluding hydrogens is 239 g/mol. The van der Waals surface area contributed by atoms with E-state index in [0.29, 0.717) is 0 Å². The average molecular weight is 245 g/mol. The van der Waals surface area contributed by atoms with Gasteiger partial charge in [0.1, 0.15) is 0 Å². The van der Waals surface area contributed by atoms with Crippen LogP contribution in [0.1, 0.15) is 23.5 Å². The van der Waals surface area contributed by atoms with Crippen LogP contribution in [0.3, 0.4) is 0 Å². The Balaban J connectivity index is 2.46. The Labute approximate surface area is 93.4 Å². The van der Waals surface area contributed by atoms with E-state index in [0.717, 1.165) is 18.5 Å². The number of carbonyl (C=O) groups is 2. The Morgan fingerprint density at radius 3 is 2.59 bits per heavy atom. The van der Waals surface area contributed by atoms with Gasteiger partial charge >= 0.3 is 18.1 Å². The molecule has 7 heteroatoms. The lowest BCUT2D eigenvalue weighted by atomic mass is 9.94. The number of hydrogen-bond acceptors (Lipinski definition) is 4. The minimum absolute atomic E-state index is 0.323. The van der Waals surface area contributed by atoms with Crippen molar-refractivity contribution in [3.63, 3.8) is 0 Å². The van der Waals surface area contributed by atoms with Crippen LogP contribution in [0, 0.1) is 0 Å². The maximum atomic E-state index is 12.7. The maximum absolute atomic E-state index is 12.7. The normalized spacial score (nSPS) is 20.5. The third kappa shape index (κ3) is 2.13. The fourth-order valence-electron chi connectivity index (χ4n) is 1.65. The number of alkyl halides is 3. The van der Waals surface area contributed by atoms with E-state index in [1.54, 1.807) is 0 Å². The number of ether oxygens (including phenoxy) is 1. The Morgan fingerprint density at radius 1 is 1.35 bits per heavy atom. The van der Waals surface area contributed by atoms with E-state index in [4.69, 9.17) is 0 Å².